The number of benzene rings is 1. The molecule has 1 amide bonds. The van der Waals surface area contributed by atoms with Crippen molar-refractivity contribution in [3.05, 3.63) is 28.8 Å². The van der Waals surface area contributed by atoms with Crippen LogP contribution < -0.4 is 5.32 Å². The standard InChI is InChI=1S/C15H18ClNO2/c16-11-5-6-12(14(18)7-11)15(19)17-8-13(9-1-2-9)10-3-4-10/h5-7,9-10,13,18H,1-4,8H2,(H,17,19). The summed E-state index contributed by atoms with van der Waals surface area (Å²) < 4.78 is 0. The molecule has 19 heavy (non-hydrogen) atoms. The Morgan fingerprint density at radius 1 is 1.32 bits per heavy atom. The van der Waals surface area contributed by atoms with Gasteiger partial charge in [0.2, 0.25) is 0 Å². The molecule has 102 valence electrons. The zero-order valence-corrected chi connectivity index (χ0v) is 11.5. The summed E-state index contributed by atoms with van der Waals surface area (Å²) in [6, 6.07) is 4.58. The molecular formula is C15H18ClNO2. The third-order valence-electron chi connectivity index (χ3n) is 4.16. The molecule has 0 saturated heterocycles. The molecule has 2 saturated carbocycles. The quantitative estimate of drug-likeness (QED) is 0.869. The van der Waals surface area contributed by atoms with Gasteiger partial charge in [0.1, 0.15) is 5.75 Å². The van der Waals surface area contributed by atoms with E-state index in [1.54, 1.807) is 12.1 Å². The van der Waals surface area contributed by atoms with Gasteiger partial charge in [0.15, 0.2) is 0 Å². The molecule has 2 aliphatic carbocycles. The molecular weight excluding hydrogens is 262 g/mol. The van der Waals surface area contributed by atoms with Crippen molar-refractivity contribution < 1.29 is 9.90 Å². The van der Waals surface area contributed by atoms with Crippen molar-refractivity contribution in [3.8, 4) is 5.75 Å². The Bertz CT molecular complexity index is 483. The molecule has 0 aromatic heterocycles. The summed E-state index contributed by atoms with van der Waals surface area (Å²) in [6.07, 6.45) is 5.24. The second-order valence-corrected chi connectivity index (χ2v) is 6.15. The number of hydrogen-bond donors (Lipinski definition) is 2. The highest BCUT2D eigenvalue weighted by molar-refractivity contribution is 6.30. The van der Waals surface area contributed by atoms with E-state index >= 15 is 0 Å². The fourth-order valence-electron chi connectivity index (χ4n) is 2.77. The lowest BCUT2D eigenvalue weighted by molar-refractivity contribution is 0.0941. The van der Waals surface area contributed by atoms with Crippen LogP contribution in [0.3, 0.4) is 0 Å². The molecule has 0 spiro atoms. The van der Waals surface area contributed by atoms with Crippen LogP contribution in [0.1, 0.15) is 36.0 Å². The summed E-state index contributed by atoms with van der Waals surface area (Å²) in [7, 11) is 0. The maximum Gasteiger partial charge on any atom is 0.255 e. The SMILES string of the molecule is O=C(NCC(C1CC1)C1CC1)c1ccc(Cl)cc1O. The smallest absolute Gasteiger partial charge is 0.255 e. The molecule has 3 nitrogen and oxygen atoms in total. The number of phenolic OH excluding ortho intramolecular Hbond substituents is 1. The number of aromatic hydroxyl groups is 1. The largest absolute Gasteiger partial charge is 0.507 e. The highest BCUT2D eigenvalue weighted by Gasteiger charge is 2.41. The summed E-state index contributed by atoms with van der Waals surface area (Å²) >= 11 is 5.76. The van der Waals surface area contributed by atoms with Gasteiger partial charge in [0.25, 0.3) is 5.91 Å². The summed E-state index contributed by atoms with van der Waals surface area (Å²) in [5.41, 5.74) is 0.301. The molecule has 0 heterocycles. The first-order chi connectivity index (χ1) is 9.15. The van der Waals surface area contributed by atoms with Gasteiger partial charge in [-0.25, -0.2) is 0 Å². The molecule has 2 aliphatic rings. The first-order valence-electron chi connectivity index (χ1n) is 6.92. The average molecular weight is 280 g/mol. The van der Waals surface area contributed by atoms with Crippen molar-refractivity contribution in [1.82, 2.24) is 5.32 Å². The topological polar surface area (TPSA) is 49.3 Å². The number of phenols is 1. The van der Waals surface area contributed by atoms with E-state index in [1.807, 2.05) is 0 Å². The van der Waals surface area contributed by atoms with E-state index in [2.05, 4.69) is 5.32 Å². The van der Waals surface area contributed by atoms with Crippen molar-refractivity contribution in [3.63, 3.8) is 0 Å². The summed E-state index contributed by atoms with van der Waals surface area (Å²) in [6.45, 7) is 0.732. The van der Waals surface area contributed by atoms with Gasteiger partial charge in [-0.05, 0) is 61.6 Å². The zero-order chi connectivity index (χ0) is 13.4. The van der Waals surface area contributed by atoms with Crippen molar-refractivity contribution in [2.24, 2.45) is 17.8 Å². The van der Waals surface area contributed by atoms with Crippen LogP contribution in [0.25, 0.3) is 0 Å². The van der Waals surface area contributed by atoms with E-state index in [9.17, 15) is 9.90 Å². The number of carbonyl (C=O) groups is 1. The average Bonchev–Trinajstić information content (AvgIpc) is 3.23. The Morgan fingerprint density at radius 3 is 2.47 bits per heavy atom. The fourth-order valence-corrected chi connectivity index (χ4v) is 2.94. The van der Waals surface area contributed by atoms with E-state index in [4.69, 9.17) is 11.6 Å². The fraction of sp³-hybridized carbons (Fsp3) is 0.533. The molecule has 4 heteroatoms. The maximum absolute atomic E-state index is 12.1. The second kappa shape index (κ2) is 5.04. The van der Waals surface area contributed by atoms with Crippen LogP contribution in [0.5, 0.6) is 5.75 Å². The number of halogens is 1. The molecule has 0 unspecified atom stereocenters. The van der Waals surface area contributed by atoms with Crippen LogP contribution in [0.15, 0.2) is 18.2 Å². The van der Waals surface area contributed by atoms with Crippen molar-refractivity contribution in [2.45, 2.75) is 25.7 Å². The van der Waals surface area contributed by atoms with Crippen molar-refractivity contribution >= 4 is 17.5 Å². The minimum Gasteiger partial charge on any atom is -0.507 e. The number of hydrogen-bond acceptors (Lipinski definition) is 2. The number of amides is 1. The molecule has 0 atom stereocenters. The van der Waals surface area contributed by atoms with E-state index < -0.39 is 0 Å². The molecule has 0 radical (unpaired) electrons. The van der Waals surface area contributed by atoms with Gasteiger partial charge in [-0.2, -0.15) is 0 Å². The molecule has 2 N–H and O–H groups in total. The van der Waals surface area contributed by atoms with E-state index in [0.29, 0.717) is 16.5 Å². The Balaban J connectivity index is 1.61. The van der Waals surface area contributed by atoms with Crippen LogP contribution in [0.4, 0.5) is 0 Å². The lowest BCUT2D eigenvalue weighted by Gasteiger charge is -2.16. The first kappa shape index (κ1) is 12.8. The third-order valence-corrected chi connectivity index (χ3v) is 4.39. The van der Waals surface area contributed by atoms with Gasteiger partial charge >= 0.3 is 0 Å². The van der Waals surface area contributed by atoms with E-state index in [0.717, 1.165) is 18.4 Å². The normalized spacial score (nSPS) is 18.6. The lowest BCUT2D eigenvalue weighted by atomic mass is 9.98. The van der Waals surface area contributed by atoms with Gasteiger partial charge in [-0.3, -0.25) is 4.79 Å². The minimum absolute atomic E-state index is 0.0561. The van der Waals surface area contributed by atoms with Gasteiger partial charge in [0, 0.05) is 11.6 Å². The molecule has 0 bridgehead atoms. The maximum atomic E-state index is 12.1. The lowest BCUT2D eigenvalue weighted by Crippen LogP contribution is -2.31. The zero-order valence-electron chi connectivity index (χ0n) is 10.7. The number of nitrogens with one attached hydrogen (secondary N) is 1. The molecule has 3 rings (SSSR count). The Kier molecular flexibility index (Phi) is 3.40. The molecule has 1 aromatic carbocycles. The Labute approximate surface area is 118 Å². The number of rotatable bonds is 5. The highest BCUT2D eigenvalue weighted by Crippen LogP contribution is 2.48. The van der Waals surface area contributed by atoms with E-state index in [-0.39, 0.29) is 11.7 Å². The Morgan fingerprint density at radius 2 is 1.95 bits per heavy atom. The van der Waals surface area contributed by atoms with Crippen LogP contribution in [0, 0.1) is 17.8 Å². The van der Waals surface area contributed by atoms with Crippen molar-refractivity contribution in [1.29, 1.82) is 0 Å². The predicted molar refractivity (Wildman–Crippen MR) is 74.4 cm³/mol. The predicted octanol–water partition coefficient (Wildman–Crippen LogP) is 3.21. The van der Waals surface area contributed by atoms with Crippen LogP contribution in [-0.2, 0) is 0 Å². The minimum atomic E-state index is -0.208. The molecule has 2 fully saturated rings. The first-order valence-corrected chi connectivity index (χ1v) is 7.29. The second-order valence-electron chi connectivity index (χ2n) is 5.71. The van der Waals surface area contributed by atoms with Crippen LogP contribution in [0.2, 0.25) is 5.02 Å². The van der Waals surface area contributed by atoms with Gasteiger partial charge < -0.3 is 10.4 Å². The number of carbonyl (C=O) groups excluding carboxylic acids is 1. The Hall–Kier alpha value is -1.22. The van der Waals surface area contributed by atoms with Gasteiger partial charge in [-0.1, -0.05) is 11.6 Å². The monoisotopic (exact) mass is 279 g/mol. The van der Waals surface area contributed by atoms with Crippen LogP contribution >= 0.6 is 11.6 Å². The summed E-state index contributed by atoms with van der Waals surface area (Å²) in [4.78, 5) is 12.1. The van der Waals surface area contributed by atoms with E-state index in [1.165, 1.54) is 31.7 Å². The van der Waals surface area contributed by atoms with Gasteiger partial charge in [0.05, 0.1) is 5.56 Å². The summed E-state index contributed by atoms with van der Waals surface area (Å²) in [5.74, 6) is 2.00. The molecule has 1 aromatic rings. The molecule has 0 aliphatic heterocycles. The van der Waals surface area contributed by atoms with Gasteiger partial charge in [-0.15, -0.1) is 0 Å². The highest BCUT2D eigenvalue weighted by atomic mass is 35.5. The summed E-state index contributed by atoms with van der Waals surface area (Å²) in [5, 5.41) is 13.1. The van der Waals surface area contributed by atoms with Crippen LogP contribution in [-0.4, -0.2) is 17.6 Å². The third kappa shape index (κ3) is 3.03. The van der Waals surface area contributed by atoms with Crippen molar-refractivity contribution in [2.75, 3.05) is 6.54 Å².